The topological polar surface area (TPSA) is 102 Å². The van der Waals surface area contributed by atoms with Crippen LogP contribution in [0.2, 0.25) is 0 Å². The lowest BCUT2D eigenvalue weighted by Crippen LogP contribution is -2.56. The van der Waals surface area contributed by atoms with Gasteiger partial charge in [0.2, 0.25) is 5.91 Å². The van der Waals surface area contributed by atoms with Gasteiger partial charge >= 0.3 is 12.1 Å². The molecule has 3 atom stereocenters. The monoisotopic (exact) mass is 368 g/mol. The van der Waals surface area contributed by atoms with E-state index in [1.54, 1.807) is 4.90 Å². The Morgan fingerprint density at radius 3 is 2.62 bits per heavy atom. The molecule has 4 amide bonds. The average Bonchev–Trinajstić information content (AvgIpc) is 2.78. The zero-order valence-electron chi connectivity index (χ0n) is 15.6. The van der Waals surface area contributed by atoms with E-state index in [-0.39, 0.29) is 24.1 Å². The third-order valence-corrected chi connectivity index (χ3v) is 5.07. The summed E-state index contributed by atoms with van der Waals surface area (Å²) in [7, 11) is 0. The first kappa shape index (κ1) is 18.8. The maximum Gasteiger partial charge on any atom is 0.410 e. The van der Waals surface area contributed by atoms with E-state index in [1.165, 1.54) is 4.90 Å². The molecule has 3 heterocycles. The molecule has 3 aliphatic heterocycles. The fraction of sp³-hybridized carbons (Fsp3) is 0.824. The summed E-state index contributed by atoms with van der Waals surface area (Å²) in [6.45, 7) is 6.85. The number of rotatable bonds is 2. The lowest BCUT2D eigenvalue weighted by atomic mass is 9.99. The molecular formula is C17H28N4O5. The quantitative estimate of drug-likeness (QED) is 0.712. The minimum Gasteiger partial charge on any atom is -0.444 e. The smallest absolute Gasteiger partial charge is 0.410 e. The van der Waals surface area contributed by atoms with Crippen molar-refractivity contribution in [3.05, 3.63) is 0 Å². The maximum absolute atomic E-state index is 12.7. The van der Waals surface area contributed by atoms with Crippen LogP contribution < -0.4 is 5.32 Å². The Bertz CT molecular complexity index is 590. The molecule has 2 bridgehead atoms. The number of fused-ring (bicyclic) bond motifs is 2. The van der Waals surface area contributed by atoms with Crippen LogP contribution in [0.3, 0.4) is 0 Å². The van der Waals surface area contributed by atoms with Crippen LogP contribution in [0.4, 0.5) is 9.59 Å². The third kappa shape index (κ3) is 3.87. The minimum absolute atomic E-state index is 0.163. The summed E-state index contributed by atoms with van der Waals surface area (Å²) in [6, 6.07) is -1.45. The number of nitrogens with zero attached hydrogens (tertiary/aromatic N) is 3. The van der Waals surface area contributed by atoms with Crippen molar-refractivity contribution in [3.8, 4) is 0 Å². The van der Waals surface area contributed by atoms with Crippen molar-refractivity contribution in [2.75, 3.05) is 19.6 Å². The van der Waals surface area contributed by atoms with Gasteiger partial charge in [-0.25, -0.2) is 14.7 Å². The number of piperidine rings is 2. The zero-order valence-corrected chi connectivity index (χ0v) is 15.6. The molecule has 3 rings (SSSR count). The summed E-state index contributed by atoms with van der Waals surface area (Å²) in [6.07, 6.45) is 2.32. The van der Waals surface area contributed by atoms with Crippen molar-refractivity contribution in [1.29, 1.82) is 0 Å². The van der Waals surface area contributed by atoms with E-state index in [9.17, 15) is 19.6 Å². The number of amides is 4. The summed E-state index contributed by atoms with van der Waals surface area (Å²) in [4.78, 5) is 40.0. The van der Waals surface area contributed by atoms with Crippen molar-refractivity contribution in [3.63, 3.8) is 0 Å². The minimum atomic E-state index is -0.562. The number of ether oxygens (including phenoxy) is 1. The van der Waals surface area contributed by atoms with Crippen LogP contribution in [0, 0.1) is 0 Å². The number of urea groups is 1. The second-order valence-electron chi connectivity index (χ2n) is 8.30. The first-order chi connectivity index (χ1) is 12.2. The molecule has 3 aliphatic rings. The number of carbonyl (C=O) groups excluding carboxylic acids is 3. The van der Waals surface area contributed by atoms with E-state index in [0.29, 0.717) is 32.5 Å². The molecule has 3 unspecified atom stereocenters. The van der Waals surface area contributed by atoms with Crippen LogP contribution in [0.25, 0.3) is 0 Å². The van der Waals surface area contributed by atoms with Gasteiger partial charge in [-0.05, 0) is 46.5 Å². The van der Waals surface area contributed by atoms with Crippen LogP contribution in [-0.2, 0) is 9.53 Å². The van der Waals surface area contributed by atoms with Crippen LogP contribution in [0.1, 0.15) is 46.5 Å². The molecule has 9 nitrogen and oxygen atoms in total. The summed E-state index contributed by atoms with van der Waals surface area (Å²) in [5, 5.41) is 13.4. The van der Waals surface area contributed by atoms with Crippen molar-refractivity contribution in [2.24, 2.45) is 0 Å². The van der Waals surface area contributed by atoms with Gasteiger partial charge in [-0.1, -0.05) is 0 Å². The molecule has 0 spiro atoms. The second kappa shape index (κ2) is 6.94. The fourth-order valence-corrected chi connectivity index (χ4v) is 3.81. The first-order valence-electron chi connectivity index (χ1n) is 9.23. The van der Waals surface area contributed by atoms with Gasteiger partial charge in [-0.2, -0.15) is 0 Å². The molecule has 3 saturated heterocycles. The highest BCUT2D eigenvalue weighted by molar-refractivity contribution is 5.88. The molecule has 0 saturated carbocycles. The first-order valence-corrected chi connectivity index (χ1v) is 9.23. The van der Waals surface area contributed by atoms with Gasteiger partial charge in [0, 0.05) is 25.7 Å². The highest BCUT2D eigenvalue weighted by Crippen LogP contribution is 2.28. The van der Waals surface area contributed by atoms with E-state index in [0.717, 1.165) is 17.9 Å². The van der Waals surface area contributed by atoms with Crippen molar-refractivity contribution in [2.45, 2.75) is 70.2 Å². The molecule has 3 fully saturated rings. The Morgan fingerprint density at radius 2 is 1.92 bits per heavy atom. The SMILES string of the molecule is CC(C)(C)OC(=O)N1CCCC(NC(=O)C2CCC3CN2C(=O)N3O)C1. The Morgan fingerprint density at radius 1 is 1.19 bits per heavy atom. The normalized spacial score (nSPS) is 29.0. The van der Waals surface area contributed by atoms with Gasteiger partial charge in [0.15, 0.2) is 0 Å². The number of hydrogen-bond donors (Lipinski definition) is 2. The van der Waals surface area contributed by atoms with Gasteiger partial charge in [0.1, 0.15) is 11.6 Å². The Hall–Kier alpha value is -2.03. The molecule has 9 heteroatoms. The molecule has 0 aromatic carbocycles. The van der Waals surface area contributed by atoms with Gasteiger partial charge in [0.25, 0.3) is 0 Å². The number of carbonyl (C=O) groups is 3. The lowest BCUT2D eigenvalue weighted by molar-refractivity contribution is -0.127. The largest absolute Gasteiger partial charge is 0.444 e. The van der Waals surface area contributed by atoms with Crippen LogP contribution in [0.5, 0.6) is 0 Å². The predicted octanol–water partition coefficient (Wildman–Crippen LogP) is 1.16. The highest BCUT2D eigenvalue weighted by atomic mass is 16.6. The zero-order chi connectivity index (χ0) is 19.1. The summed E-state index contributed by atoms with van der Waals surface area (Å²) >= 11 is 0. The van der Waals surface area contributed by atoms with E-state index >= 15 is 0 Å². The Kier molecular flexibility index (Phi) is 5.01. The second-order valence-corrected chi connectivity index (χ2v) is 8.30. The number of nitrogens with one attached hydrogen (secondary N) is 1. The summed E-state index contributed by atoms with van der Waals surface area (Å²) in [5.41, 5.74) is -0.557. The number of likely N-dealkylation sites (tertiary alicyclic amines) is 1. The van der Waals surface area contributed by atoms with Gasteiger partial charge < -0.3 is 19.9 Å². The van der Waals surface area contributed by atoms with E-state index < -0.39 is 17.7 Å². The fourth-order valence-electron chi connectivity index (χ4n) is 3.81. The van der Waals surface area contributed by atoms with E-state index in [4.69, 9.17) is 4.74 Å². The van der Waals surface area contributed by atoms with Crippen molar-refractivity contribution >= 4 is 18.0 Å². The summed E-state index contributed by atoms with van der Waals surface area (Å²) < 4.78 is 5.40. The molecule has 0 aliphatic carbocycles. The lowest BCUT2D eigenvalue weighted by Gasteiger charge is -2.36. The van der Waals surface area contributed by atoms with Crippen LogP contribution in [-0.4, -0.2) is 81.5 Å². The van der Waals surface area contributed by atoms with E-state index in [1.807, 2.05) is 20.8 Å². The molecule has 0 aromatic heterocycles. The van der Waals surface area contributed by atoms with Crippen LogP contribution in [0.15, 0.2) is 0 Å². The molecular weight excluding hydrogens is 340 g/mol. The van der Waals surface area contributed by atoms with Gasteiger partial charge in [-0.15, -0.1) is 0 Å². The molecule has 0 radical (unpaired) electrons. The molecule has 0 aromatic rings. The maximum atomic E-state index is 12.7. The highest BCUT2D eigenvalue weighted by Gasteiger charge is 2.47. The van der Waals surface area contributed by atoms with Gasteiger partial charge in [0.05, 0.1) is 6.04 Å². The Labute approximate surface area is 153 Å². The van der Waals surface area contributed by atoms with Gasteiger partial charge in [-0.3, -0.25) is 10.0 Å². The average molecular weight is 368 g/mol. The standard InChI is InChI=1S/C17H28N4O5/c1-17(2,3)26-16(24)19-8-4-5-11(9-19)18-14(22)13-7-6-12-10-20(13)15(23)21(12)25/h11-13,25H,4-10H2,1-3H3,(H,18,22). The third-order valence-electron chi connectivity index (χ3n) is 5.07. The molecule has 2 N–H and O–H groups in total. The van der Waals surface area contributed by atoms with Crippen molar-refractivity contribution < 1.29 is 24.3 Å². The molecule has 146 valence electrons. The predicted molar refractivity (Wildman–Crippen MR) is 91.5 cm³/mol. The molecule has 26 heavy (non-hydrogen) atoms. The Balaban J connectivity index is 1.56. The number of hydrogen-bond acceptors (Lipinski definition) is 5. The van der Waals surface area contributed by atoms with Crippen molar-refractivity contribution in [1.82, 2.24) is 20.2 Å². The summed E-state index contributed by atoms with van der Waals surface area (Å²) in [5.74, 6) is -0.219. The number of hydroxylamine groups is 2. The van der Waals surface area contributed by atoms with Crippen LogP contribution >= 0.6 is 0 Å². The van der Waals surface area contributed by atoms with E-state index in [2.05, 4.69) is 5.32 Å².